The largest absolute Gasteiger partial charge is 1.00 e. The Labute approximate surface area is 176 Å². The van der Waals surface area contributed by atoms with Crippen molar-refractivity contribution in [1.29, 1.82) is 0 Å². The average Bonchev–Trinajstić information content (AvgIpc) is 2.58. The Morgan fingerprint density at radius 1 is 0.731 bits per heavy atom. The molecule has 0 saturated carbocycles. The Balaban J connectivity index is 0. The van der Waals surface area contributed by atoms with Crippen LogP contribution < -0.4 is 5.11 Å². The van der Waals surface area contributed by atoms with Crippen LogP contribution in [0.1, 0.15) is 117 Å². The van der Waals surface area contributed by atoms with E-state index in [4.69, 9.17) is 0 Å². The number of carbonyl (C=O) groups excluding carboxylic acids is 2. The fourth-order valence-corrected chi connectivity index (χ4v) is 2.89. The summed E-state index contributed by atoms with van der Waals surface area (Å²) < 4.78 is 4.44. The van der Waals surface area contributed by atoms with Crippen molar-refractivity contribution in [3.05, 3.63) is 0 Å². The van der Waals surface area contributed by atoms with Crippen LogP contribution in [0, 0.1) is 0 Å². The van der Waals surface area contributed by atoms with Crippen LogP contribution in [0.4, 0.5) is 0 Å². The van der Waals surface area contributed by atoms with Crippen molar-refractivity contribution in [3.63, 3.8) is 0 Å². The zero-order valence-electron chi connectivity index (χ0n) is 16.8. The second-order valence-corrected chi connectivity index (χ2v) is 7.14. The minimum atomic E-state index is -1.48. The molecule has 26 heavy (non-hydrogen) atoms. The molecule has 4 nitrogen and oxygen atoms in total. The molecule has 0 bridgehead atoms. The van der Waals surface area contributed by atoms with Crippen LogP contribution >= 0.6 is 0 Å². The number of esters is 2. The normalized spacial score (nSPS) is 11.7. The molecule has 0 spiro atoms. The van der Waals surface area contributed by atoms with Crippen LogP contribution in [0.3, 0.4) is 0 Å². The molecule has 0 aliphatic heterocycles. The first-order chi connectivity index (χ1) is 12.1. The number of rotatable bonds is 17. The maximum atomic E-state index is 11.3. The number of hydrogen-bond acceptors (Lipinski definition) is 4. The van der Waals surface area contributed by atoms with Gasteiger partial charge in [-0.05, 0) is 12.5 Å². The van der Waals surface area contributed by atoms with Gasteiger partial charge in [0.2, 0.25) is 0 Å². The number of unbranched alkanes of at least 4 members (excludes halogenated alkanes) is 14. The standard InChI is InChI=1S/C21H39O4.Ag/c1-3-4-5-6-7-8-9-10-11-12-13-14-15-16-17-18-20(23)25-21(24)19(2)22;/h19H,3-18H2,1-2H3;/q-1;+1. The third-order valence-corrected chi connectivity index (χ3v) is 4.53. The summed E-state index contributed by atoms with van der Waals surface area (Å²) in [5.41, 5.74) is 0. The molecule has 0 fully saturated rings. The van der Waals surface area contributed by atoms with Gasteiger partial charge in [0.25, 0.3) is 5.97 Å². The minimum Gasteiger partial charge on any atom is -0.844 e. The SMILES string of the molecule is CCCCCCCCCCCCCCCCCC(=O)OC(=O)C(C)[O-].[Ag+]. The van der Waals surface area contributed by atoms with Crippen LogP contribution in [0.25, 0.3) is 0 Å². The Kier molecular flexibility index (Phi) is 22.8. The van der Waals surface area contributed by atoms with Crippen molar-refractivity contribution in [3.8, 4) is 0 Å². The van der Waals surface area contributed by atoms with E-state index in [0.29, 0.717) is 0 Å². The van der Waals surface area contributed by atoms with E-state index in [9.17, 15) is 14.7 Å². The van der Waals surface area contributed by atoms with Crippen molar-refractivity contribution in [2.75, 3.05) is 0 Å². The predicted octanol–water partition coefficient (Wildman–Crippen LogP) is 5.06. The van der Waals surface area contributed by atoms with Gasteiger partial charge >= 0.3 is 28.3 Å². The summed E-state index contributed by atoms with van der Waals surface area (Å²) in [6.07, 6.45) is 17.8. The van der Waals surface area contributed by atoms with E-state index in [1.165, 1.54) is 84.0 Å². The summed E-state index contributed by atoms with van der Waals surface area (Å²) in [4.78, 5) is 22.3. The number of carbonyl (C=O) groups is 2. The molecule has 158 valence electrons. The van der Waals surface area contributed by atoms with Gasteiger partial charge in [-0.3, -0.25) is 9.59 Å². The van der Waals surface area contributed by atoms with Crippen LogP contribution in [-0.2, 0) is 36.7 Å². The maximum Gasteiger partial charge on any atom is 1.00 e. The van der Waals surface area contributed by atoms with Gasteiger partial charge in [0.15, 0.2) is 0 Å². The van der Waals surface area contributed by atoms with Gasteiger partial charge in [-0.25, -0.2) is 0 Å². The molecule has 0 aromatic heterocycles. The smallest absolute Gasteiger partial charge is 0.844 e. The van der Waals surface area contributed by atoms with E-state index >= 15 is 0 Å². The van der Waals surface area contributed by atoms with Crippen LogP contribution in [0.15, 0.2) is 0 Å². The van der Waals surface area contributed by atoms with E-state index in [0.717, 1.165) is 19.3 Å². The molecule has 0 saturated heterocycles. The summed E-state index contributed by atoms with van der Waals surface area (Å²) in [5.74, 6) is -1.53. The van der Waals surface area contributed by atoms with Crippen molar-refractivity contribution >= 4 is 11.9 Å². The van der Waals surface area contributed by atoms with E-state index in [1.807, 2.05) is 0 Å². The molecule has 1 atom stereocenters. The first-order valence-corrected chi connectivity index (χ1v) is 10.5. The van der Waals surface area contributed by atoms with Crippen LogP contribution in [0.2, 0.25) is 0 Å². The van der Waals surface area contributed by atoms with Gasteiger partial charge in [0, 0.05) is 6.42 Å². The van der Waals surface area contributed by atoms with E-state index in [2.05, 4.69) is 11.7 Å². The fourth-order valence-electron chi connectivity index (χ4n) is 2.89. The third kappa shape index (κ3) is 20.2. The maximum absolute atomic E-state index is 11.3. The van der Waals surface area contributed by atoms with Crippen LogP contribution in [-0.4, -0.2) is 18.0 Å². The minimum absolute atomic E-state index is 0. The number of ether oxygens (including phenoxy) is 1. The Bertz CT molecular complexity index is 332. The summed E-state index contributed by atoms with van der Waals surface area (Å²) in [6.45, 7) is 3.44. The molecule has 0 rings (SSSR count). The summed E-state index contributed by atoms with van der Waals surface area (Å²) in [5, 5.41) is 10.7. The van der Waals surface area contributed by atoms with E-state index in [-0.39, 0.29) is 28.8 Å². The third-order valence-electron chi connectivity index (χ3n) is 4.53. The molecule has 0 aromatic carbocycles. The van der Waals surface area contributed by atoms with Gasteiger partial charge in [-0.2, -0.15) is 0 Å². The van der Waals surface area contributed by atoms with Gasteiger partial charge in [-0.15, -0.1) is 0 Å². The van der Waals surface area contributed by atoms with Crippen molar-refractivity contribution in [2.45, 2.75) is 123 Å². The molecule has 1 unspecified atom stereocenters. The van der Waals surface area contributed by atoms with Crippen molar-refractivity contribution in [1.82, 2.24) is 0 Å². The Morgan fingerprint density at radius 3 is 1.42 bits per heavy atom. The quantitative estimate of drug-likeness (QED) is 0.131. The molecular weight excluding hydrogens is 424 g/mol. The average molecular weight is 463 g/mol. The first-order valence-electron chi connectivity index (χ1n) is 10.5. The fraction of sp³-hybridized carbons (Fsp3) is 0.905. The zero-order valence-corrected chi connectivity index (χ0v) is 18.3. The van der Waals surface area contributed by atoms with Crippen LogP contribution in [0.5, 0.6) is 0 Å². The van der Waals surface area contributed by atoms with Crippen molar-refractivity contribution in [2.24, 2.45) is 0 Å². The van der Waals surface area contributed by atoms with Gasteiger partial charge < -0.3 is 9.84 Å². The molecule has 0 heterocycles. The number of hydrogen-bond donors (Lipinski definition) is 0. The van der Waals surface area contributed by atoms with Gasteiger partial charge in [-0.1, -0.05) is 104 Å². The molecule has 0 N–H and O–H groups in total. The second kappa shape index (κ2) is 21.1. The monoisotopic (exact) mass is 462 g/mol. The molecule has 0 aliphatic rings. The zero-order chi connectivity index (χ0) is 18.8. The summed E-state index contributed by atoms with van der Waals surface area (Å²) >= 11 is 0. The first kappa shape index (κ1) is 28.1. The Morgan fingerprint density at radius 2 is 1.08 bits per heavy atom. The second-order valence-electron chi connectivity index (χ2n) is 7.14. The molecular formula is C21H39AgO4. The molecule has 5 heteroatoms. The topological polar surface area (TPSA) is 66.4 Å². The summed E-state index contributed by atoms with van der Waals surface area (Å²) in [7, 11) is 0. The summed E-state index contributed by atoms with van der Waals surface area (Å²) in [6, 6.07) is 0. The van der Waals surface area contributed by atoms with Gasteiger partial charge in [0.05, 0.1) is 0 Å². The van der Waals surface area contributed by atoms with E-state index < -0.39 is 18.0 Å². The van der Waals surface area contributed by atoms with Gasteiger partial charge in [0.1, 0.15) is 0 Å². The molecule has 0 radical (unpaired) electrons. The molecule has 0 aromatic rings. The Hall–Kier alpha value is -0.160. The molecule has 0 aliphatic carbocycles. The predicted molar refractivity (Wildman–Crippen MR) is 100 cm³/mol. The van der Waals surface area contributed by atoms with E-state index in [1.54, 1.807) is 0 Å². The molecule has 0 amide bonds. The van der Waals surface area contributed by atoms with Crippen molar-refractivity contribution < 1.29 is 41.8 Å².